The fourth-order valence-electron chi connectivity index (χ4n) is 1.84. The molecule has 0 saturated heterocycles. The second-order valence-electron chi connectivity index (χ2n) is 4.12. The van der Waals surface area contributed by atoms with E-state index in [0.29, 0.717) is 15.3 Å². The van der Waals surface area contributed by atoms with Gasteiger partial charge >= 0.3 is 0 Å². The molecule has 0 saturated carbocycles. The summed E-state index contributed by atoms with van der Waals surface area (Å²) in [6.07, 6.45) is 0. The molecule has 20 heavy (non-hydrogen) atoms. The summed E-state index contributed by atoms with van der Waals surface area (Å²) in [4.78, 5) is 16.4. The molecule has 0 unspecified atom stereocenters. The van der Waals surface area contributed by atoms with E-state index < -0.39 is 0 Å². The predicted octanol–water partition coefficient (Wildman–Crippen LogP) is 2.67. The predicted molar refractivity (Wildman–Crippen MR) is 83.9 cm³/mol. The standard InChI is InChI=1S/C13H11BrN4OS/c14-9-10(8-4-2-1-3-5-8)17-18-11(9)12(19)16-13-15-6-7-20-13/h1-5H,6-7H2,(H,17,18)(H,15,16,19). The van der Waals surface area contributed by atoms with Gasteiger partial charge in [-0.2, -0.15) is 5.10 Å². The second-order valence-corrected chi connectivity index (χ2v) is 5.99. The highest BCUT2D eigenvalue weighted by Gasteiger charge is 2.20. The van der Waals surface area contributed by atoms with Gasteiger partial charge in [-0.25, -0.2) is 0 Å². The third-order valence-electron chi connectivity index (χ3n) is 2.79. The molecule has 3 rings (SSSR count). The fraction of sp³-hybridized carbons (Fsp3) is 0.154. The van der Waals surface area contributed by atoms with Crippen molar-refractivity contribution < 1.29 is 4.79 Å². The summed E-state index contributed by atoms with van der Waals surface area (Å²) in [5, 5.41) is 10.4. The zero-order chi connectivity index (χ0) is 13.9. The highest BCUT2D eigenvalue weighted by molar-refractivity contribution is 9.10. The molecule has 102 valence electrons. The van der Waals surface area contributed by atoms with Crippen LogP contribution in [0.3, 0.4) is 0 Å². The molecule has 1 amide bonds. The zero-order valence-electron chi connectivity index (χ0n) is 10.4. The van der Waals surface area contributed by atoms with Gasteiger partial charge in [-0.1, -0.05) is 42.1 Å². The number of nitrogens with zero attached hydrogens (tertiary/aromatic N) is 2. The van der Waals surface area contributed by atoms with E-state index in [9.17, 15) is 4.79 Å². The molecule has 2 N–H and O–H groups in total. The van der Waals surface area contributed by atoms with Crippen LogP contribution in [0, 0.1) is 0 Å². The van der Waals surface area contributed by atoms with Gasteiger partial charge in [0, 0.05) is 11.3 Å². The van der Waals surface area contributed by atoms with E-state index in [1.807, 2.05) is 30.3 Å². The monoisotopic (exact) mass is 350 g/mol. The van der Waals surface area contributed by atoms with Crippen molar-refractivity contribution >= 4 is 38.8 Å². The van der Waals surface area contributed by atoms with Crippen LogP contribution in [0.1, 0.15) is 10.5 Å². The molecule has 5 nitrogen and oxygen atoms in total. The molecule has 0 spiro atoms. The molecule has 7 heteroatoms. The molecule has 1 aromatic carbocycles. The van der Waals surface area contributed by atoms with Crippen molar-refractivity contribution in [2.45, 2.75) is 0 Å². The van der Waals surface area contributed by atoms with Crippen molar-refractivity contribution in [1.82, 2.24) is 15.5 Å². The first-order valence-corrected chi connectivity index (χ1v) is 7.81. The minimum Gasteiger partial charge on any atom is -0.300 e. The molecule has 2 heterocycles. The number of H-pyrrole nitrogens is 1. The Hall–Kier alpha value is -1.60. The van der Waals surface area contributed by atoms with Gasteiger partial charge in [0.25, 0.3) is 5.91 Å². The summed E-state index contributed by atoms with van der Waals surface area (Å²) in [6.45, 7) is 0.750. The number of aliphatic imine (C=N–C) groups is 1. The number of aromatic amines is 1. The molecule has 0 fully saturated rings. The quantitative estimate of drug-likeness (QED) is 0.874. The average molecular weight is 351 g/mol. The van der Waals surface area contributed by atoms with Gasteiger partial charge in [0.2, 0.25) is 0 Å². The van der Waals surface area contributed by atoms with Crippen LogP contribution >= 0.6 is 27.7 Å². The lowest BCUT2D eigenvalue weighted by Crippen LogP contribution is -2.27. The van der Waals surface area contributed by atoms with Crippen LogP contribution in [0.5, 0.6) is 0 Å². The van der Waals surface area contributed by atoms with E-state index in [2.05, 4.69) is 36.4 Å². The number of nitrogens with one attached hydrogen (secondary N) is 2. The molecule has 1 aliphatic heterocycles. The summed E-state index contributed by atoms with van der Waals surface area (Å²) in [5.74, 6) is 0.675. The molecule has 0 atom stereocenters. The number of carbonyl (C=O) groups is 1. The van der Waals surface area contributed by atoms with Gasteiger partial charge in [0.1, 0.15) is 11.4 Å². The third kappa shape index (κ3) is 2.64. The molecule has 2 aromatic rings. The summed E-state index contributed by atoms with van der Waals surface area (Å²) in [5.41, 5.74) is 2.07. The van der Waals surface area contributed by atoms with Gasteiger partial charge < -0.3 is 0 Å². The Balaban J connectivity index is 1.85. The van der Waals surface area contributed by atoms with Crippen molar-refractivity contribution in [3.63, 3.8) is 0 Å². The van der Waals surface area contributed by atoms with Gasteiger partial charge in [0.15, 0.2) is 5.17 Å². The lowest BCUT2D eigenvalue weighted by Gasteiger charge is -2.02. The van der Waals surface area contributed by atoms with Gasteiger partial charge in [-0.15, -0.1) is 0 Å². The molecule has 0 radical (unpaired) electrons. The Morgan fingerprint density at radius 2 is 2.15 bits per heavy atom. The first-order valence-electron chi connectivity index (χ1n) is 6.03. The number of aromatic nitrogens is 2. The number of rotatable bonds is 2. The van der Waals surface area contributed by atoms with Crippen molar-refractivity contribution in [3.05, 3.63) is 40.5 Å². The van der Waals surface area contributed by atoms with Crippen molar-refractivity contribution in [2.24, 2.45) is 4.99 Å². The number of benzene rings is 1. The normalized spacial score (nSPS) is 14.2. The van der Waals surface area contributed by atoms with Gasteiger partial charge in [-0.05, 0) is 15.9 Å². The fourth-order valence-corrected chi connectivity index (χ4v) is 3.15. The van der Waals surface area contributed by atoms with Crippen molar-refractivity contribution in [3.8, 4) is 11.3 Å². The minimum atomic E-state index is -0.236. The maximum absolute atomic E-state index is 12.2. The third-order valence-corrected chi connectivity index (χ3v) is 4.45. The summed E-state index contributed by atoms with van der Waals surface area (Å²) in [7, 11) is 0. The van der Waals surface area contributed by atoms with Crippen molar-refractivity contribution in [2.75, 3.05) is 12.3 Å². The average Bonchev–Trinajstić information content (AvgIpc) is 3.09. The molecule has 1 aliphatic rings. The van der Waals surface area contributed by atoms with Crippen LogP contribution in [0.15, 0.2) is 39.8 Å². The van der Waals surface area contributed by atoms with E-state index in [1.54, 1.807) is 11.8 Å². The highest BCUT2D eigenvalue weighted by atomic mass is 79.9. The van der Waals surface area contributed by atoms with Crippen LogP contribution in [-0.2, 0) is 0 Å². The Labute approximate surface area is 128 Å². The molecular formula is C13H11BrN4OS. The first-order chi connectivity index (χ1) is 9.75. The largest absolute Gasteiger partial charge is 0.300 e. The summed E-state index contributed by atoms with van der Waals surface area (Å²) < 4.78 is 0.657. The SMILES string of the molecule is O=C(NC1=NCCS1)c1[nH]nc(-c2ccccc2)c1Br. The van der Waals surface area contributed by atoms with E-state index in [-0.39, 0.29) is 5.91 Å². The number of thioether (sulfide) groups is 1. The molecular weight excluding hydrogens is 340 g/mol. The topological polar surface area (TPSA) is 70.1 Å². The smallest absolute Gasteiger partial charge is 0.276 e. The number of amides is 1. The second kappa shape index (κ2) is 5.80. The van der Waals surface area contributed by atoms with Crippen LogP contribution < -0.4 is 5.32 Å². The van der Waals surface area contributed by atoms with E-state index >= 15 is 0 Å². The Bertz CT molecular complexity index is 668. The maximum Gasteiger partial charge on any atom is 0.276 e. The lowest BCUT2D eigenvalue weighted by molar-refractivity contribution is 0.0972. The number of hydrogen-bond donors (Lipinski definition) is 2. The number of carbonyl (C=O) groups excluding carboxylic acids is 1. The minimum absolute atomic E-state index is 0.236. The summed E-state index contributed by atoms with van der Waals surface area (Å²) in [6, 6.07) is 9.69. The molecule has 1 aromatic heterocycles. The molecule has 0 bridgehead atoms. The number of amidine groups is 1. The number of halogens is 1. The number of hydrogen-bond acceptors (Lipinski definition) is 4. The van der Waals surface area contributed by atoms with Crippen LogP contribution in [0.4, 0.5) is 0 Å². The maximum atomic E-state index is 12.2. The van der Waals surface area contributed by atoms with E-state index in [4.69, 9.17) is 0 Å². The van der Waals surface area contributed by atoms with Gasteiger partial charge in [-0.3, -0.25) is 20.2 Å². The molecule has 0 aliphatic carbocycles. The highest BCUT2D eigenvalue weighted by Crippen LogP contribution is 2.28. The van der Waals surface area contributed by atoms with Crippen molar-refractivity contribution in [1.29, 1.82) is 0 Å². The van der Waals surface area contributed by atoms with Crippen LogP contribution in [0.25, 0.3) is 11.3 Å². The Morgan fingerprint density at radius 3 is 2.85 bits per heavy atom. The Kier molecular flexibility index (Phi) is 3.88. The first kappa shape index (κ1) is 13.4. The lowest BCUT2D eigenvalue weighted by atomic mass is 10.1. The summed E-state index contributed by atoms with van der Waals surface area (Å²) >= 11 is 4.98. The van der Waals surface area contributed by atoms with E-state index in [0.717, 1.165) is 23.6 Å². The zero-order valence-corrected chi connectivity index (χ0v) is 12.8. The van der Waals surface area contributed by atoms with Crippen LogP contribution in [0.2, 0.25) is 0 Å². The Morgan fingerprint density at radius 1 is 1.35 bits per heavy atom. The van der Waals surface area contributed by atoms with Gasteiger partial charge in [0.05, 0.1) is 11.0 Å². The van der Waals surface area contributed by atoms with E-state index in [1.165, 1.54) is 0 Å². The van der Waals surface area contributed by atoms with Crippen LogP contribution in [-0.4, -0.2) is 33.6 Å².